The van der Waals surface area contributed by atoms with Gasteiger partial charge in [0.15, 0.2) is 0 Å². The van der Waals surface area contributed by atoms with Gasteiger partial charge in [-0.15, -0.1) is 0 Å². The molecule has 246 valence electrons. The fourth-order valence-electron chi connectivity index (χ4n) is 5.43. The Morgan fingerprint density at radius 3 is 2.52 bits per heavy atom. The number of halogens is 3. The number of carboxylic acid groups (broad SMARTS) is 1. The van der Waals surface area contributed by atoms with Crippen molar-refractivity contribution in [1.29, 1.82) is 0 Å². The number of rotatable bonds is 11. The summed E-state index contributed by atoms with van der Waals surface area (Å²) in [5.74, 6) is -3.24. The number of carbonyl (C=O) groups excluding carboxylic acids is 1. The van der Waals surface area contributed by atoms with E-state index in [0.717, 1.165) is 24.6 Å². The fourth-order valence-corrected chi connectivity index (χ4v) is 5.43. The molecule has 2 aliphatic heterocycles. The summed E-state index contributed by atoms with van der Waals surface area (Å²) in [7, 11) is 0. The third-order valence-corrected chi connectivity index (χ3v) is 8.25. The maximum Gasteiger partial charge on any atom is 0.335 e. The number of hydrogen-bond donors (Lipinski definition) is 2. The highest BCUT2D eigenvalue weighted by atomic mass is 19.1. The Balaban J connectivity index is 1.08. The van der Waals surface area contributed by atoms with E-state index in [2.05, 4.69) is 20.3 Å². The Labute approximate surface area is 271 Å². The van der Waals surface area contributed by atoms with Crippen LogP contribution in [-0.2, 0) is 29.0 Å². The molecule has 5 aromatic rings. The number of carboxylic acids is 1. The van der Waals surface area contributed by atoms with Crippen LogP contribution in [0.5, 0.6) is 5.88 Å². The van der Waals surface area contributed by atoms with Gasteiger partial charge in [0, 0.05) is 42.5 Å². The fraction of sp³-hybridized carbons (Fsp3) is 0.265. The van der Waals surface area contributed by atoms with Gasteiger partial charge in [-0.05, 0) is 48.4 Å². The molecule has 14 heteroatoms. The van der Waals surface area contributed by atoms with Gasteiger partial charge in [0.25, 0.3) is 5.91 Å². The van der Waals surface area contributed by atoms with Gasteiger partial charge >= 0.3 is 5.97 Å². The van der Waals surface area contributed by atoms with E-state index in [1.54, 1.807) is 16.7 Å². The zero-order valence-corrected chi connectivity index (χ0v) is 25.3. The van der Waals surface area contributed by atoms with E-state index in [9.17, 15) is 19.1 Å². The Bertz CT molecular complexity index is 2050. The van der Waals surface area contributed by atoms with E-state index in [-0.39, 0.29) is 64.7 Å². The summed E-state index contributed by atoms with van der Waals surface area (Å²) in [5, 5.41) is 12.2. The molecule has 1 atom stereocenters. The predicted molar refractivity (Wildman–Crippen MR) is 164 cm³/mol. The van der Waals surface area contributed by atoms with Crippen molar-refractivity contribution in [2.75, 3.05) is 19.8 Å². The standard InChI is InChI=1S/C34H28F3N5O6/c35-24-11-23(27-2-1-3-32(41-27)48-15-20-13-38-29(12-25(20)36)33(43)39-21-16-46-17-21)26(37)8-19(24)10-31-40-28-5-4-18(34(44)45)9-30(28)42(31)14-22-6-7-47-22/h1-5,8-9,11-13,21-22H,6-7,10,14-17H2,(H,39,43)(H,44,45)/t22-/m0/s1. The Kier molecular flexibility index (Phi) is 8.50. The van der Waals surface area contributed by atoms with Gasteiger partial charge in [-0.3, -0.25) is 9.78 Å². The third-order valence-electron chi connectivity index (χ3n) is 8.25. The molecule has 0 unspecified atom stereocenters. The highest BCUT2D eigenvalue weighted by molar-refractivity contribution is 5.93. The van der Waals surface area contributed by atoms with Crippen molar-refractivity contribution in [2.24, 2.45) is 0 Å². The van der Waals surface area contributed by atoms with Crippen molar-refractivity contribution >= 4 is 22.9 Å². The van der Waals surface area contributed by atoms with Crippen LogP contribution < -0.4 is 10.1 Å². The number of aromatic nitrogens is 4. The average Bonchev–Trinajstić information content (AvgIpc) is 3.37. The van der Waals surface area contributed by atoms with E-state index in [1.165, 1.54) is 30.5 Å². The molecule has 3 aromatic heterocycles. The predicted octanol–water partition coefficient (Wildman–Crippen LogP) is 4.70. The van der Waals surface area contributed by atoms with Gasteiger partial charge in [-0.2, -0.15) is 0 Å². The van der Waals surface area contributed by atoms with Crippen LogP contribution in [0.1, 0.15) is 44.2 Å². The van der Waals surface area contributed by atoms with Crippen LogP contribution in [0.25, 0.3) is 22.3 Å². The number of pyridine rings is 2. The number of hydrogen-bond acceptors (Lipinski definition) is 8. The molecule has 0 saturated carbocycles. The minimum atomic E-state index is -1.09. The molecule has 2 fully saturated rings. The molecule has 0 bridgehead atoms. The molecular weight excluding hydrogens is 631 g/mol. The highest BCUT2D eigenvalue weighted by Crippen LogP contribution is 2.29. The molecule has 7 rings (SSSR count). The summed E-state index contributed by atoms with van der Waals surface area (Å²) in [6.45, 7) is 1.53. The van der Waals surface area contributed by atoms with Crippen LogP contribution in [0.2, 0.25) is 0 Å². The Hall–Kier alpha value is -5.34. The first-order valence-electron chi connectivity index (χ1n) is 15.2. The second kappa shape index (κ2) is 13.0. The van der Waals surface area contributed by atoms with Crippen LogP contribution in [0.4, 0.5) is 13.2 Å². The van der Waals surface area contributed by atoms with Crippen molar-refractivity contribution in [3.63, 3.8) is 0 Å². The summed E-state index contributed by atoms with van der Waals surface area (Å²) in [5.41, 5.74) is 1.21. The van der Waals surface area contributed by atoms with Crippen molar-refractivity contribution in [3.8, 4) is 17.1 Å². The summed E-state index contributed by atoms with van der Waals surface area (Å²) in [6, 6.07) is 12.1. The van der Waals surface area contributed by atoms with Gasteiger partial charge < -0.3 is 29.2 Å². The Morgan fingerprint density at radius 1 is 1.00 bits per heavy atom. The molecule has 0 spiro atoms. The lowest BCUT2D eigenvalue weighted by Gasteiger charge is -2.27. The quantitative estimate of drug-likeness (QED) is 0.207. The molecule has 1 amide bonds. The molecule has 11 nitrogen and oxygen atoms in total. The van der Waals surface area contributed by atoms with E-state index < -0.39 is 29.3 Å². The van der Waals surface area contributed by atoms with Gasteiger partial charge in [0.05, 0.1) is 54.2 Å². The first-order valence-corrected chi connectivity index (χ1v) is 15.2. The smallest absolute Gasteiger partial charge is 0.335 e. The normalized spacial score (nSPS) is 15.9. The van der Waals surface area contributed by atoms with Crippen LogP contribution in [-0.4, -0.2) is 68.5 Å². The monoisotopic (exact) mass is 659 g/mol. The van der Waals surface area contributed by atoms with Crippen LogP contribution in [0.15, 0.2) is 60.8 Å². The third kappa shape index (κ3) is 6.44. The van der Waals surface area contributed by atoms with Gasteiger partial charge in [0.2, 0.25) is 5.88 Å². The molecule has 0 aliphatic carbocycles. The number of imidazole rings is 1. The van der Waals surface area contributed by atoms with Crippen LogP contribution in [0.3, 0.4) is 0 Å². The first-order chi connectivity index (χ1) is 23.2. The SMILES string of the molecule is O=C(O)c1ccc2nc(Cc3cc(F)c(-c4cccc(OCc5cnc(C(=O)NC6COC6)cc5F)n4)cc3F)n(C[C@@H]3CCO3)c2c1. The van der Waals surface area contributed by atoms with E-state index in [4.69, 9.17) is 14.2 Å². The molecule has 2 aromatic carbocycles. The molecule has 48 heavy (non-hydrogen) atoms. The number of aromatic carboxylic acids is 1. The van der Waals surface area contributed by atoms with Crippen molar-refractivity contribution < 1.29 is 42.1 Å². The molecule has 5 heterocycles. The maximum atomic E-state index is 15.5. The summed E-state index contributed by atoms with van der Waals surface area (Å²) in [6.07, 6.45) is 1.86. The lowest BCUT2D eigenvalue weighted by atomic mass is 10.0. The van der Waals surface area contributed by atoms with Crippen molar-refractivity contribution in [3.05, 3.63) is 106 Å². The molecular formula is C34H28F3N5O6. The van der Waals surface area contributed by atoms with Crippen LogP contribution in [0, 0.1) is 17.5 Å². The zero-order chi connectivity index (χ0) is 33.4. The van der Waals surface area contributed by atoms with Crippen LogP contribution >= 0.6 is 0 Å². The number of fused-ring (bicyclic) bond motifs is 1. The first kappa shape index (κ1) is 31.3. The van der Waals surface area contributed by atoms with E-state index in [0.29, 0.717) is 43.2 Å². The largest absolute Gasteiger partial charge is 0.478 e. The zero-order valence-electron chi connectivity index (χ0n) is 25.3. The highest BCUT2D eigenvalue weighted by Gasteiger charge is 2.25. The number of carbonyl (C=O) groups is 2. The molecule has 2 N–H and O–H groups in total. The summed E-state index contributed by atoms with van der Waals surface area (Å²) < 4.78 is 63.8. The number of amides is 1. The van der Waals surface area contributed by atoms with Gasteiger partial charge in [-0.1, -0.05) is 6.07 Å². The molecule has 2 saturated heterocycles. The van der Waals surface area contributed by atoms with Gasteiger partial charge in [-0.25, -0.2) is 27.9 Å². The van der Waals surface area contributed by atoms with E-state index in [1.807, 2.05) is 0 Å². The number of nitrogens with zero attached hydrogens (tertiary/aromatic N) is 4. The Morgan fingerprint density at radius 2 is 1.81 bits per heavy atom. The number of benzene rings is 2. The lowest BCUT2D eigenvalue weighted by molar-refractivity contribution is -0.0589. The minimum absolute atomic E-state index is 0.0373. The van der Waals surface area contributed by atoms with Crippen molar-refractivity contribution in [2.45, 2.75) is 38.1 Å². The average molecular weight is 660 g/mol. The molecule has 2 aliphatic rings. The topological polar surface area (TPSA) is 138 Å². The lowest BCUT2D eigenvalue weighted by Crippen LogP contribution is -2.48. The summed E-state index contributed by atoms with van der Waals surface area (Å²) in [4.78, 5) is 36.7. The second-order valence-corrected chi connectivity index (χ2v) is 11.5. The maximum absolute atomic E-state index is 15.5. The number of ether oxygens (including phenoxy) is 3. The second-order valence-electron chi connectivity index (χ2n) is 11.5. The number of nitrogens with one attached hydrogen (secondary N) is 1. The van der Waals surface area contributed by atoms with Crippen molar-refractivity contribution in [1.82, 2.24) is 24.8 Å². The van der Waals surface area contributed by atoms with Gasteiger partial charge in [0.1, 0.15) is 35.6 Å². The van der Waals surface area contributed by atoms with E-state index >= 15 is 8.78 Å². The minimum Gasteiger partial charge on any atom is -0.478 e. The summed E-state index contributed by atoms with van der Waals surface area (Å²) >= 11 is 0. The molecule has 0 radical (unpaired) electrons.